The number of aromatic nitrogens is 4. The molecule has 1 aliphatic rings. The summed E-state index contributed by atoms with van der Waals surface area (Å²) in [6.45, 7) is 0.447. The molecule has 1 amide bonds. The third-order valence-corrected chi connectivity index (χ3v) is 5.62. The number of aliphatic hydroxyl groups is 2. The van der Waals surface area contributed by atoms with Crippen LogP contribution < -0.4 is 16.4 Å². The topological polar surface area (TPSA) is 151 Å². The number of anilines is 2. The van der Waals surface area contributed by atoms with E-state index in [1.807, 2.05) is 18.2 Å². The maximum Gasteiger partial charge on any atom is 0.225 e. The van der Waals surface area contributed by atoms with Gasteiger partial charge in [0.25, 0.3) is 0 Å². The van der Waals surface area contributed by atoms with E-state index in [2.05, 4.69) is 25.6 Å². The summed E-state index contributed by atoms with van der Waals surface area (Å²) in [7, 11) is 1.49. The molecule has 0 saturated heterocycles. The van der Waals surface area contributed by atoms with Crippen LogP contribution in [-0.2, 0) is 11.3 Å². The first kappa shape index (κ1) is 20.3. The van der Waals surface area contributed by atoms with E-state index < -0.39 is 24.2 Å². The van der Waals surface area contributed by atoms with Gasteiger partial charge in [-0.25, -0.2) is 4.98 Å². The van der Waals surface area contributed by atoms with Gasteiger partial charge in [0.05, 0.1) is 24.4 Å². The maximum atomic E-state index is 12.0. The zero-order chi connectivity index (χ0) is 21.4. The fraction of sp³-hybridized carbons (Fsp3) is 0.368. The van der Waals surface area contributed by atoms with E-state index in [-0.39, 0.29) is 18.3 Å². The van der Waals surface area contributed by atoms with Crippen LogP contribution >= 0.6 is 11.6 Å². The molecule has 30 heavy (non-hydrogen) atoms. The Morgan fingerprint density at radius 2 is 2.13 bits per heavy atom. The second kappa shape index (κ2) is 8.05. The Bertz CT molecular complexity index is 1090. The van der Waals surface area contributed by atoms with Gasteiger partial charge in [0, 0.05) is 18.6 Å². The molecule has 4 unspecified atom stereocenters. The Balaban J connectivity index is 1.64. The largest absolute Gasteiger partial charge is 0.390 e. The fourth-order valence-corrected chi connectivity index (χ4v) is 4.08. The molecule has 10 nitrogen and oxygen atoms in total. The normalized spacial score (nSPS) is 23.6. The lowest BCUT2D eigenvalue weighted by molar-refractivity contribution is -0.128. The fourth-order valence-electron chi connectivity index (χ4n) is 3.86. The summed E-state index contributed by atoms with van der Waals surface area (Å²) in [4.78, 5) is 24.9. The summed E-state index contributed by atoms with van der Waals surface area (Å²) in [5.41, 5.74) is 7.73. The van der Waals surface area contributed by atoms with E-state index in [9.17, 15) is 15.0 Å². The van der Waals surface area contributed by atoms with Gasteiger partial charge in [0.15, 0.2) is 17.0 Å². The summed E-state index contributed by atoms with van der Waals surface area (Å²) in [6.07, 6.45) is -0.588. The van der Waals surface area contributed by atoms with Gasteiger partial charge in [-0.05, 0) is 24.1 Å². The molecule has 158 valence electrons. The van der Waals surface area contributed by atoms with Gasteiger partial charge in [0.1, 0.15) is 6.10 Å². The molecular formula is C19H22ClN7O3. The minimum Gasteiger partial charge on any atom is -0.390 e. The number of hydrogen-bond donors (Lipinski definition) is 5. The quantitative estimate of drug-likeness (QED) is 0.396. The number of halogens is 1. The van der Waals surface area contributed by atoms with E-state index in [0.29, 0.717) is 28.5 Å². The van der Waals surface area contributed by atoms with E-state index in [1.165, 1.54) is 13.4 Å². The van der Waals surface area contributed by atoms with Crippen LogP contribution in [-0.4, -0.2) is 54.9 Å². The maximum absolute atomic E-state index is 12.0. The molecule has 3 aromatic rings. The minimum atomic E-state index is -1.19. The van der Waals surface area contributed by atoms with Crippen molar-refractivity contribution in [2.24, 2.45) is 5.92 Å². The number of imidazole rings is 1. The number of nitrogens with two attached hydrogens (primary N) is 1. The number of fused-ring (bicyclic) bond motifs is 1. The number of nitrogens with one attached hydrogen (secondary N) is 2. The third-order valence-electron chi connectivity index (χ3n) is 5.38. The summed E-state index contributed by atoms with van der Waals surface area (Å²) in [5, 5.41) is 27.2. The molecule has 2 aromatic heterocycles. The summed E-state index contributed by atoms with van der Waals surface area (Å²) >= 11 is 6.03. The van der Waals surface area contributed by atoms with E-state index >= 15 is 0 Å². The molecule has 11 heteroatoms. The zero-order valence-electron chi connectivity index (χ0n) is 16.2. The van der Waals surface area contributed by atoms with Crippen molar-refractivity contribution in [1.82, 2.24) is 24.8 Å². The van der Waals surface area contributed by atoms with Crippen molar-refractivity contribution in [2.45, 2.75) is 31.2 Å². The molecule has 1 fully saturated rings. The molecule has 2 heterocycles. The van der Waals surface area contributed by atoms with E-state index in [0.717, 1.165) is 5.56 Å². The lowest BCUT2D eigenvalue weighted by Gasteiger charge is -2.18. The Morgan fingerprint density at radius 3 is 2.87 bits per heavy atom. The number of carbonyl (C=O) groups is 1. The van der Waals surface area contributed by atoms with Crippen molar-refractivity contribution in [3.63, 3.8) is 0 Å². The van der Waals surface area contributed by atoms with Crippen LogP contribution in [0.5, 0.6) is 0 Å². The second-order valence-electron chi connectivity index (χ2n) is 7.24. The number of benzene rings is 1. The van der Waals surface area contributed by atoms with Gasteiger partial charge in [0.2, 0.25) is 11.9 Å². The number of carbonyl (C=O) groups excluding carboxylic acids is 1. The predicted molar refractivity (Wildman–Crippen MR) is 112 cm³/mol. The monoisotopic (exact) mass is 431 g/mol. The molecule has 0 spiro atoms. The first-order chi connectivity index (χ1) is 14.4. The molecule has 4 atom stereocenters. The molecule has 0 bridgehead atoms. The average Bonchev–Trinajstić information content (AvgIpc) is 3.27. The number of nitrogens with zero attached hydrogens (tertiary/aromatic N) is 4. The summed E-state index contributed by atoms with van der Waals surface area (Å²) < 4.78 is 1.63. The van der Waals surface area contributed by atoms with Crippen molar-refractivity contribution < 1.29 is 15.0 Å². The van der Waals surface area contributed by atoms with E-state index in [1.54, 1.807) is 10.6 Å². The molecule has 1 aliphatic carbocycles. The van der Waals surface area contributed by atoms with Crippen LogP contribution in [0.2, 0.25) is 5.02 Å². The summed E-state index contributed by atoms with van der Waals surface area (Å²) in [5.74, 6) is -0.584. The SMILES string of the molecule is CNC(=O)C1CC(n2cnc3c(NCc4cccc(Cl)c4)nc(N)nc32)C(O)C1O. The summed E-state index contributed by atoms with van der Waals surface area (Å²) in [6, 6.07) is 6.83. The van der Waals surface area contributed by atoms with Crippen LogP contribution in [0.15, 0.2) is 30.6 Å². The lowest BCUT2D eigenvalue weighted by Crippen LogP contribution is -2.36. The number of hydrogen-bond acceptors (Lipinski definition) is 8. The number of nitrogen functional groups attached to an aromatic ring is 1. The first-order valence-corrected chi connectivity index (χ1v) is 9.83. The van der Waals surface area contributed by atoms with Gasteiger partial charge in [-0.3, -0.25) is 4.79 Å². The van der Waals surface area contributed by atoms with Crippen molar-refractivity contribution in [3.05, 3.63) is 41.2 Å². The highest BCUT2D eigenvalue weighted by atomic mass is 35.5. The van der Waals surface area contributed by atoms with Gasteiger partial charge in [-0.1, -0.05) is 23.7 Å². The second-order valence-corrected chi connectivity index (χ2v) is 7.68. The Hall–Kier alpha value is -2.95. The third kappa shape index (κ3) is 3.64. The molecule has 1 aromatic carbocycles. The van der Waals surface area contributed by atoms with Crippen LogP contribution in [0, 0.1) is 5.92 Å². The smallest absolute Gasteiger partial charge is 0.225 e. The highest BCUT2D eigenvalue weighted by Gasteiger charge is 2.46. The van der Waals surface area contributed by atoms with Crippen molar-refractivity contribution >= 4 is 40.4 Å². The minimum absolute atomic E-state index is 0.0359. The van der Waals surface area contributed by atoms with Crippen LogP contribution in [0.1, 0.15) is 18.0 Å². The highest BCUT2D eigenvalue weighted by molar-refractivity contribution is 6.30. The van der Waals surface area contributed by atoms with Gasteiger partial charge in [-0.2, -0.15) is 9.97 Å². The molecule has 4 rings (SSSR count). The standard InChI is InChI=1S/C19H22ClN7O3/c1-22-18(30)11-6-12(15(29)14(11)28)27-8-24-13-16(25-19(21)26-17(13)27)23-7-9-3-2-4-10(20)5-9/h2-5,8,11-12,14-15,28-29H,6-7H2,1H3,(H,22,30)(H3,21,23,25,26). The number of amides is 1. The number of aliphatic hydroxyl groups excluding tert-OH is 2. The molecule has 0 aliphatic heterocycles. The Kier molecular flexibility index (Phi) is 5.46. The van der Waals surface area contributed by atoms with Crippen molar-refractivity contribution in [3.8, 4) is 0 Å². The van der Waals surface area contributed by atoms with Crippen LogP contribution in [0.3, 0.4) is 0 Å². The van der Waals surface area contributed by atoms with Crippen molar-refractivity contribution in [1.29, 1.82) is 0 Å². The van der Waals surface area contributed by atoms with Gasteiger partial charge < -0.3 is 31.1 Å². The molecule has 1 saturated carbocycles. The van der Waals surface area contributed by atoms with Crippen LogP contribution in [0.4, 0.5) is 11.8 Å². The van der Waals surface area contributed by atoms with E-state index in [4.69, 9.17) is 17.3 Å². The lowest BCUT2D eigenvalue weighted by atomic mass is 10.1. The first-order valence-electron chi connectivity index (χ1n) is 9.45. The highest BCUT2D eigenvalue weighted by Crippen LogP contribution is 2.37. The molecule has 6 N–H and O–H groups in total. The molecule has 0 radical (unpaired) electrons. The van der Waals surface area contributed by atoms with Gasteiger partial charge in [-0.15, -0.1) is 0 Å². The predicted octanol–water partition coefficient (Wildman–Crippen LogP) is 0.703. The Labute approximate surface area is 177 Å². The number of rotatable bonds is 5. The zero-order valence-corrected chi connectivity index (χ0v) is 16.9. The molecular weight excluding hydrogens is 410 g/mol. The Morgan fingerprint density at radius 1 is 1.33 bits per heavy atom. The average molecular weight is 432 g/mol. The van der Waals surface area contributed by atoms with Gasteiger partial charge >= 0.3 is 0 Å². The van der Waals surface area contributed by atoms with Crippen LogP contribution in [0.25, 0.3) is 11.2 Å². The van der Waals surface area contributed by atoms with Crippen molar-refractivity contribution in [2.75, 3.05) is 18.1 Å².